The third kappa shape index (κ3) is 9.67. The first kappa shape index (κ1) is 35.2. The number of aliphatic hydroxyl groups is 3. The van der Waals surface area contributed by atoms with Crippen molar-refractivity contribution in [2.24, 2.45) is 5.92 Å². The average Bonchev–Trinajstić information content (AvgIpc) is 2.96. The second kappa shape index (κ2) is 15.8. The van der Waals surface area contributed by atoms with Crippen LogP contribution in [0.25, 0.3) is 0 Å². The molecular formula is C32H46O13. The molecule has 0 radical (unpaired) electrons. The lowest BCUT2D eigenvalue weighted by Gasteiger charge is -2.46. The third-order valence-corrected chi connectivity index (χ3v) is 8.49. The van der Waals surface area contributed by atoms with Gasteiger partial charge in [0.1, 0.15) is 6.10 Å². The summed E-state index contributed by atoms with van der Waals surface area (Å²) in [5.74, 6) is -5.22. The number of fused-ring (bicyclic) bond motifs is 6. The Labute approximate surface area is 263 Å². The molecule has 13 heteroatoms. The van der Waals surface area contributed by atoms with Gasteiger partial charge in [-0.3, -0.25) is 9.59 Å². The molecule has 3 N–H and O–H groups in total. The summed E-state index contributed by atoms with van der Waals surface area (Å²) in [5, 5.41) is 32.8. The van der Waals surface area contributed by atoms with Gasteiger partial charge in [0.25, 0.3) is 0 Å². The first-order chi connectivity index (χ1) is 21.4. The largest absolute Gasteiger partial charge is 0.466 e. The Morgan fingerprint density at radius 2 is 1.80 bits per heavy atom. The summed E-state index contributed by atoms with van der Waals surface area (Å²) in [5.41, 5.74) is 1.21. The van der Waals surface area contributed by atoms with Gasteiger partial charge in [-0.05, 0) is 37.3 Å². The average molecular weight is 639 g/mol. The highest BCUT2D eigenvalue weighted by Gasteiger charge is 2.52. The van der Waals surface area contributed by atoms with Crippen molar-refractivity contribution in [3.63, 3.8) is 0 Å². The van der Waals surface area contributed by atoms with E-state index >= 15 is 0 Å². The fourth-order valence-electron chi connectivity index (χ4n) is 6.37. The number of methoxy groups -OCH3 is 1. The summed E-state index contributed by atoms with van der Waals surface area (Å²) < 4.78 is 40.2. The Bertz CT molecular complexity index is 1130. The van der Waals surface area contributed by atoms with Gasteiger partial charge in [0, 0.05) is 38.2 Å². The van der Waals surface area contributed by atoms with Gasteiger partial charge in [0.05, 0.1) is 57.3 Å². The van der Waals surface area contributed by atoms with Crippen LogP contribution in [0.3, 0.4) is 0 Å². The van der Waals surface area contributed by atoms with E-state index in [2.05, 4.69) is 6.58 Å². The van der Waals surface area contributed by atoms with E-state index < -0.39 is 66.9 Å². The summed E-state index contributed by atoms with van der Waals surface area (Å²) in [6.07, 6.45) is 0.780. The molecule has 45 heavy (non-hydrogen) atoms. The van der Waals surface area contributed by atoms with Crippen LogP contribution in [-0.4, -0.2) is 108 Å². The standard InChI is InChI=1S/C32H46O13/c1-18-9-24-13-22(35)14-29(37)43-27(17-33)16-26-11-21(12-28(36)39-4)31(41-20(3)34)32(38,45-26)19(2)5-6-30-40-8-7-23(44-30)15-25(10-18)42-24/h5-6,12,19,22-27,30-31,33,35,38H,1,7-11,13-17H2,2-4H3/b6-5+,21-12+/t19-,22+,23-,24-,25+,26-,27+,30-,31-,32-/m0/s1. The summed E-state index contributed by atoms with van der Waals surface area (Å²) in [6.45, 7) is 6.83. The SMILES string of the molecule is C=C1C[C@@H]2C[C@@H]3CCO[C@H](/C=C/[C@H](C)[C@]4(O)O[C@@H](C/C(=C\C(=O)OC)[C@@H]4OC(C)=O)C[C@H](CO)OC(=O)C[C@H](O)C[C@H](C1)O2)O3. The molecule has 0 unspecified atom stereocenters. The molecule has 0 aromatic carbocycles. The lowest BCUT2D eigenvalue weighted by Crippen LogP contribution is -2.58. The quantitative estimate of drug-likeness (QED) is 0.177. The third-order valence-electron chi connectivity index (χ3n) is 8.49. The highest BCUT2D eigenvalue weighted by atomic mass is 16.7. The van der Waals surface area contributed by atoms with Crippen LogP contribution < -0.4 is 0 Å². The van der Waals surface area contributed by atoms with Gasteiger partial charge in [0.15, 0.2) is 12.4 Å². The van der Waals surface area contributed by atoms with Crippen molar-refractivity contribution in [3.8, 4) is 0 Å². The zero-order valence-corrected chi connectivity index (χ0v) is 26.1. The van der Waals surface area contributed by atoms with E-state index in [1.165, 1.54) is 14.0 Å². The van der Waals surface area contributed by atoms with Crippen LogP contribution in [0.4, 0.5) is 0 Å². The normalized spacial score (nSPS) is 40.1. The fourth-order valence-corrected chi connectivity index (χ4v) is 6.37. The maximum Gasteiger partial charge on any atom is 0.330 e. The monoisotopic (exact) mass is 638 g/mol. The number of carbonyl (C=O) groups is 3. The summed E-state index contributed by atoms with van der Waals surface area (Å²) in [7, 11) is 1.19. The van der Waals surface area contributed by atoms with Gasteiger partial charge in [0.2, 0.25) is 5.79 Å². The fraction of sp³-hybridized carbons (Fsp3) is 0.719. The van der Waals surface area contributed by atoms with Crippen molar-refractivity contribution < 1.29 is 62.9 Å². The highest BCUT2D eigenvalue weighted by molar-refractivity contribution is 5.83. The number of ether oxygens (including phenoxy) is 7. The lowest BCUT2D eigenvalue weighted by molar-refractivity contribution is -0.306. The number of hydrogen-bond donors (Lipinski definition) is 3. The van der Waals surface area contributed by atoms with Crippen LogP contribution in [0, 0.1) is 5.92 Å². The second-order valence-electron chi connectivity index (χ2n) is 12.3. The number of cyclic esters (lactones) is 1. The number of carbonyl (C=O) groups excluding carboxylic acids is 3. The number of rotatable bonds is 3. The molecular weight excluding hydrogens is 592 g/mol. The van der Waals surface area contributed by atoms with E-state index in [4.69, 9.17) is 33.2 Å². The lowest BCUT2D eigenvalue weighted by atomic mass is 9.83. The van der Waals surface area contributed by atoms with Gasteiger partial charge in [-0.2, -0.15) is 0 Å². The van der Waals surface area contributed by atoms with Crippen molar-refractivity contribution in [3.05, 3.63) is 36.0 Å². The van der Waals surface area contributed by atoms with E-state index in [-0.39, 0.29) is 49.6 Å². The Kier molecular flexibility index (Phi) is 12.3. The Morgan fingerprint density at radius 1 is 1.07 bits per heavy atom. The minimum atomic E-state index is -2.19. The van der Waals surface area contributed by atoms with Crippen LogP contribution >= 0.6 is 0 Å². The topological polar surface area (TPSA) is 177 Å². The maximum atomic E-state index is 12.8. The molecule has 3 saturated heterocycles. The molecule has 4 rings (SSSR count). The summed E-state index contributed by atoms with van der Waals surface area (Å²) >= 11 is 0. The van der Waals surface area contributed by atoms with E-state index in [9.17, 15) is 29.7 Å². The molecule has 0 aromatic heterocycles. The molecule has 252 valence electrons. The molecule has 0 spiro atoms. The molecule has 0 aliphatic carbocycles. The first-order valence-corrected chi connectivity index (χ1v) is 15.5. The smallest absolute Gasteiger partial charge is 0.330 e. The molecule has 4 aliphatic rings. The van der Waals surface area contributed by atoms with Crippen LogP contribution in [0.5, 0.6) is 0 Å². The molecule has 10 atom stereocenters. The zero-order chi connectivity index (χ0) is 32.7. The van der Waals surface area contributed by atoms with Crippen LogP contribution in [-0.2, 0) is 47.5 Å². The number of esters is 3. The molecule has 13 nitrogen and oxygen atoms in total. The van der Waals surface area contributed by atoms with Crippen molar-refractivity contribution in [1.82, 2.24) is 0 Å². The van der Waals surface area contributed by atoms with E-state index in [1.807, 2.05) is 0 Å². The minimum Gasteiger partial charge on any atom is -0.466 e. The van der Waals surface area contributed by atoms with E-state index in [0.29, 0.717) is 32.3 Å². The van der Waals surface area contributed by atoms with Gasteiger partial charge < -0.3 is 48.5 Å². The molecule has 0 aromatic rings. The van der Waals surface area contributed by atoms with E-state index in [0.717, 1.165) is 11.6 Å². The molecule has 3 fully saturated rings. The minimum absolute atomic E-state index is 0.0108. The molecule has 0 saturated carbocycles. The van der Waals surface area contributed by atoms with Gasteiger partial charge in [-0.1, -0.05) is 25.2 Å². The van der Waals surface area contributed by atoms with Gasteiger partial charge in [-0.25, -0.2) is 4.79 Å². The number of aliphatic hydroxyl groups excluding tert-OH is 2. The molecule has 6 bridgehead atoms. The molecule has 0 amide bonds. The van der Waals surface area contributed by atoms with E-state index in [1.54, 1.807) is 19.1 Å². The highest BCUT2D eigenvalue weighted by Crippen LogP contribution is 2.41. The maximum absolute atomic E-state index is 12.8. The van der Waals surface area contributed by atoms with Crippen LogP contribution in [0.2, 0.25) is 0 Å². The van der Waals surface area contributed by atoms with Crippen molar-refractivity contribution in [2.45, 2.75) is 120 Å². The van der Waals surface area contributed by atoms with Crippen LogP contribution in [0.15, 0.2) is 36.0 Å². The van der Waals surface area contributed by atoms with Gasteiger partial charge >= 0.3 is 17.9 Å². The van der Waals surface area contributed by atoms with Crippen molar-refractivity contribution in [2.75, 3.05) is 20.3 Å². The van der Waals surface area contributed by atoms with Gasteiger partial charge in [-0.15, -0.1) is 0 Å². The summed E-state index contributed by atoms with van der Waals surface area (Å²) in [4.78, 5) is 37.3. The molecule has 4 aliphatic heterocycles. The first-order valence-electron chi connectivity index (χ1n) is 15.5. The Balaban J connectivity index is 1.67. The van der Waals surface area contributed by atoms with Crippen molar-refractivity contribution >= 4 is 17.9 Å². The Hall–Kier alpha value is -2.65. The Morgan fingerprint density at radius 3 is 2.49 bits per heavy atom. The predicted molar refractivity (Wildman–Crippen MR) is 156 cm³/mol. The van der Waals surface area contributed by atoms with Crippen molar-refractivity contribution in [1.29, 1.82) is 0 Å². The zero-order valence-electron chi connectivity index (χ0n) is 26.1. The van der Waals surface area contributed by atoms with Crippen LogP contribution in [0.1, 0.15) is 65.2 Å². The molecule has 4 heterocycles. The summed E-state index contributed by atoms with van der Waals surface area (Å²) in [6, 6.07) is 0. The predicted octanol–water partition coefficient (Wildman–Crippen LogP) is 1.76. The number of hydrogen-bond acceptors (Lipinski definition) is 13. The second-order valence-corrected chi connectivity index (χ2v) is 12.3.